The number of nitrogens with zero attached hydrogens (tertiary/aromatic N) is 4. The van der Waals surface area contributed by atoms with Gasteiger partial charge in [0.25, 0.3) is 5.91 Å². The van der Waals surface area contributed by atoms with Crippen LogP contribution in [0.15, 0.2) is 31.0 Å². The topological polar surface area (TPSA) is 63.3 Å². The Morgan fingerprint density at radius 3 is 2.62 bits per heavy atom. The standard InChI is InChI=1S/C18H24N4O2/c1-12-15(3-5-20(12)2)18(24)22-9-13-7-16(21-6-4-19-11-21)17(23)8-14(13)10-22/h3-6,11,13-14,16-17,23H,7-10H2,1-2H3/t13-,14+,16-,17-/m1/s1. The van der Waals surface area contributed by atoms with Crippen molar-refractivity contribution in [2.45, 2.75) is 31.9 Å². The summed E-state index contributed by atoms with van der Waals surface area (Å²) in [5, 5.41) is 10.5. The minimum atomic E-state index is -0.367. The molecule has 2 fully saturated rings. The molecule has 4 atom stereocenters. The van der Waals surface area contributed by atoms with Gasteiger partial charge in [-0.05, 0) is 37.7 Å². The van der Waals surface area contributed by atoms with Crippen LogP contribution in [0.25, 0.3) is 0 Å². The molecule has 0 unspecified atom stereocenters. The first-order chi connectivity index (χ1) is 11.5. The second-order valence-corrected chi connectivity index (χ2v) is 7.27. The van der Waals surface area contributed by atoms with E-state index in [4.69, 9.17) is 0 Å². The quantitative estimate of drug-likeness (QED) is 0.911. The molecule has 1 aliphatic carbocycles. The van der Waals surface area contributed by atoms with Crippen molar-refractivity contribution < 1.29 is 9.90 Å². The summed E-state index contributed by atoms with van der Waals surface area (Å²) in [5.41, 5.74) is 1.80. The number of likely N-dealkylation sites (tertiary alicyclic amines) is 1. The summed E-state index contributed by atoms with van der Waals surface area (Å²) in [5.74, 6) is 0.970. The molecule has 128 valence electrons. The maximum Gasteiger partial charge on any atom is 0.255 e. The Bertz CT molecular complexity index is 736. The minimum absolute atomic E-state index is 0.0715. The molecule has 6 nitrogen and oxygen atoms in total. The van der Waals surface area contributed by atoms with E-state index in [1.54, 1.807) is 12.5 Å². The summed E-state index contributed by atoms with van der Waals surface area (Å²) in [4.78, 5) is 18.9. The third-order valence-electron chi connectivity index (χ3n) is 5.92. The van der Waals surface area contributed by atoms with Gasteiger partial charge in [-0.1, -0.05) is 0 Å². The van der Waals surface area contributed by atoms with Crippen molar-refractivity contribution >= 4 is 5.91 Å². The van der Waals surface area contributed by atoms with E-state index in [0.717, 1.165) is 37.2 Å². The third kappa shape index (κ3) is 2.45. The number of aliphatic hydroxyl groups is 1. The Kier molecular flexibility index (Phi) is 3.72. The van der Waals surface area contributed by atoms with Crippen molar-refractivity contribution in [2.24, 2.45) is 18.9 Å². The zero-order chi connectivity index (χ0) is 16.8. The molecule has 0 radical (unpaired) electrons. The summed E-state index contributed by atoms with van der Waals surface area (Å²) < 4.78 is 3.99. The number of imidazole rings is 1. The molecule has 1 saturated carbocycles. The van der Waals surface area contributed by atoms with Gasteiger partial charge in [0.05, 0.1) is 24.0 Å². The highest BCUT2D eigenvalue weighted by Crippen LogP contribution is 2.41. The maximum absolute atomic E-state index is 12.9. The van der Waals surface area contributed by atoms with Crippen molar-refractivity contribution in [3.63, 3.8) is 0 Å². The number of fused-ring (bicyclic) bond motifs is 1. The van der Waals surface area contributed by atoms with Crippen LogP contribution in [0.5, 0.6) is 0 Å². The fourth-order valence-electron chi connectivity index (χ4n) is 4.36. The largest absolute Gasteiger partial charge is 0.391 e. The van der Waals surface area contributed by atoms with E-state index in [-0.39, 0.29) is 18.1 Å². The fourth-order valence-corrected chi connectivity index (χ4v) is 4.36. The first-order valence-electron chi connectivity index (χ1n) is 8.61. The van der Waals surface area contributed by atoms with Gasteiger partial charge in [-0.15, -0.1) is 0 Å². The van der Waals surface area contributed by atoms with E-state index in [9.17, 15) is 9.90 Å². The number of rotatable bonds is 2. The molecule has 1 saturated heterocycles. The lowest BCUT2D eigenvalue weighted by Crippen LogP contribution is -2.35. The van der Waals surface area contributed by atoms with E-state index in [1.807, 2.05) is 46.5 Å². The molecule has 1 N–H and O–H groups in total. The van der Waals surface area contributed by atoms with Crippen molar-refractivity contribution in [3.8, 4) is 0 Å². The Balaban J connectivity index is 1.50. The van der Waals surface area contributed by atoms with Crippen molar-refractivity contribution in [1.29, 1.82) is 0 Å². The zero-order valence-electron chi connectivity index (χ0n) is 14.2. The van der Waals surface area contributed by atoms with Crippen LogP contribution in [0.4, 0.5) is 0 Å². The molecule has 1 aliphatic heterocycles. The Morgan fingerprint density at radius 1 is 1.25 bits per heavy atom. The van der Waals surface area contributed by atoms with Crippen LogP contribution < -0.4 is 0 Å². The summed E-state index contributed by atoms with van der Waals surface area (Å²) in [7, 11) is 1.96. The highest BCUT2D eigenvalue weighted by atomic mass is 16.3. The maximum atomic E-state index is 12.9. The highest BCUT2D eigenvalue weighted by Gasteiger charge is 2.43. The monoisotopic (exact) mass is 328 g/mol. The van der Waals surface area contributed by atoms with Gasteiger partial charge < -0.3 is 19.1 Å². The molecule has 0 aromatic carbocycles. The van der Waals surface area contributed by atoms with Crippen LogP contribution >= 0.6 is 0 Å². The van der Waals surface area contributed by atoms with Crippen molar-refractivity contribution in [2.75, 3.05) is 13.1 Å². The Hall–Kier alpha value is -2.08. The number of aryl methyl sites for hydroxylation is 1. The van der Waals surface area contributed by atoms with Gasteiger partial charge in [-0.25, -0.2) is 4.98 Å². The molecule has 1 amide bonds. The third-order valence-corrected chi connectivity index (χ3v) is 5.92. The first kappa shape index (κ1) is 15.4. The average molecular weight is 328 g/mol. The lowest BCUT2D eigenvalue weighted by molar-refractivity contribution is 0.0357. The van der Waals surface area contributed by atoms with Gasteiger partial charge in [0.15, 0.2) is 0 Å². The average Bonchev–Trinajstić information content (AvgIpc) is 3.27. The first-order valence-corrected chi connectivity index (χ1v) is 8.61. The van der Waals surface area contributed by atoms with Crippen molar-refractivity contribution in [3.05, 3.63) is 42.2 Å². The predicted molar refractivity (Wildman–Crippen MR) is 89.5 cm³/mol. The highest BCUT2D eigenvalue weighted by molar-refractivity contribution is 5.95. The van der Waals surface area contributed by atoms with E-state index < -0.39 is 0 Å². The van der Waals surface area contributed by atoms with Crippen LogP contribution in [0.2, 0.25) is 0 Å². The molecule has 2 aromatic rings. The summed E-state index contributed by atoms with van der Waals surface area (Å²) in [6.07, 6.45) is 8.67. The van der Waals surface area contributed by atoms with Crippen LogP contribution in [0, 0.1) is 18.8 Å². The smallest absolute Gasteiger partial charge is 0.255 e. The molecular formula is C18H24N4O2. The minimum Gasteiger partial charge on any atom is -0.391 e. The number of hydrogen-bond donors (Lipinski definition) is 1. The summed E-state index contributed by atoms with van der Waals surface area (Å²) in [6.45, 7) is 3.52. The van der Waals surface area contributed by atoms with E-state index in [2.05, 4.69) is 4.98 Å². The molecule has 2 aromatic heterocycles. The van der Waals surface area contributed by atoms with Crippen LogP contribution in [-0.4, -0.2) is 49.2 Å². The molecule has 4 rings (SSSR count). The van der Waals surface area contributed by atoms with E-state index >= 15 is 0 Å². The summed E-state index contributed by atoms with van der Waals surface area (Å²) >= 11 is 0. The molecule has 2 aliphatic rings. The predicted octanol–water partition coefficient (Wildman–Crippen LogP) is 1.61. The van der Waals surface area contributed by atoms with Gasteiger partial charge in [-0.2, -0.15) is 0 Å². The van der Waals surface area contributed by atoms with Crippen LogP contribution in [-0.2, 0) is 7.05 Å². The lowest BCUT2D eigenvalue weighted by Gasteiger charge is -2.35. The van der Waals surface area contributed by atoms with Gasteiger partial charge in [0.1, 0.15) is 0 Å². The number of aliphatic hydroxyl groups excluding tert-OH is 1. The SMILES string of the molecule is Cc1c(C(=O)N2C[C@H]3C[C@@H](n4ccnc4)[C@H](O)C[C@H]3C2)ccn1C. The van der Waals surface area contributed by atoms with Crippen LogP contribution in [0.3, 0.4) is 0 Å². The number of hydrogen-bond acceptors (Lipinski definition) is 3. The van der Waals surface area contributed by atoms with Gasteiger partial charge in [-0.3, -0.25) is 4.79 Å². The van der Waals surface area contributed by atoms with E-state index in [0.29, 0.717) is 11.8 Å². The Labute approximate surface area is 141 Å². The fraction of sp³-hybridized carbons (Fsp3) is 0.556. The molecule has 6 heteroatoms. The lowest BCUT2D eigenvalue weighted by atomic mass is 9.77. The number of aromatic nitrogens is 3. The molecule has 0 spiro atoms. The van der Waals surface area contributed by atoms with Gasteiger partial charge >= 0.3 is 0 Å². The molecule has 0 bridgehead atoms. The van der Waals surface area contributed by atoms with Gasteiger partial charge in [0, 0.05) is 44.4 Å². The van der Waals surface area contributed by atoms with E-state index in [1.165, 1.54) is 0 Å². The number of carbonyl (C=O) groups is 1. The second-order valence-electron chi connectivity index (χ2n) is 7.27. The number of amides is 1. The normalized spacial score (nSPS) is 29.7. The van der Waals surface area contributed by atoms with Gasteiger partial charge in [0.2, 0.25) is 0 Å². The zero-order valence-corrected chi connectivity index (χ0v) is 14.2. The second kappa shape index (κ2) is 5.77. The number of carbonyl (C=O) groups excluding carboxylic acids is 1. The molecule has 24 heavy (non-hydrogen) atoms. The van der Waals surface area contributed by atoms with Crippen LogP contribution in [0.1, 0.15) is 34.9 Å². The molecular weight excluding hydrogens is 304 g/mol. The van der Waals surface area contributed by atoms with Crippen molar-refractivity contribution in [1.82, 2.24) is 19.0 Å². The summed E-state index contributed by atoms with van der Waals surface area (Å²) in [6, 6.07) is 1.98. The Morgan fingerprint density at radius 2 is 2.00 bits per heavy atom. The molecule has 3 heterocycles.